The number of terminal acetylenes is 1. The molecular weight excluding hydrogens is 220 g/mol. The zero-order valence-electron chi connectivity index (χ0n) is 10.3. The fourth-order valence-electron chi connectivity index (χ4n) is 1.85. The summed E-state index contributed by atoms with van der Waals surface area (Å²) in [7, 11) is 0. The molecule has 0 saturated heterocycles. The Labute approximate surface area is 107 Å². The molecule has 0 aromatic heterocycles. The third-order valence-electron chi connectivity index (χ3n) is 2.90. The van der Waals surface area contributed by atoms with Gasteiger partial charge in [-0.05, 0) is 12.5 Å². The first-order chi connectivity index (χ1) is 8.72. The standard InChI is InChI=1S/C17H14O/c1-3-16(14-11-9-13(2)10-12-14)17(18)15-7-5-4-6-8-15/h1,4-12,16H,2H3. The van der Waals surface area contributed by atoms with E-state index in [4.69, 9.17) is 6.42 Å². The second-order valence-corrected chi connectivity index (χ2v) is 4.24. The number of benzene rings is 2. The maximum atomic E-state index is 12.3. The van der Waals surface area contributed by atoms with Crippen molar-refractivity contribution < 1.29 is 4.79 Å². The molecule has 0 heterocycles. The summed E-state index contributed by atoms with van der Waals surface area (Å²) >= 11 is 0. The van der Waals surface area contributed by atoms with Gasteiger partial charge in [-0.3, -0.25) is 4.79 Å². The van der Waals surface area contributed by atoms with E-state index in [9.17, 15) is 4.79 Å². The molecule has 1 nitrogen and oxygen atoms in total. The summed E-state index contributed by atoms with van der Waals surface area (Å²) in [6.07, 6.45) is 5.51. The van der Waals surface area contributed by atoms with Crippen LogP contribution in [0.2, 0.25) is 0 Å². The molecule has 0 aliphatic heterocycles. The average molecular weight is 234 g/mol. The number of hydrogen-bond acceptors (Lipinski definition) is 1. The minimum Gasteiger partial charge on any atom is -0.292 e. The molecule has 0 saturated carbocycles. The van der Waals surface area contributed by atoms with Crippen LogP contribution in [-0.2, 0) is 0 Å². The Morgan fingerprint density at radius 3 is 2.22 bits per heavy atom. The molecular formula is C17H14O. The van der Waals surface area contributed by atoms with Gasteiger partial charge in [-0.2, -0.15) is 0 Å². The number of ketones is 1. The maximum Gasteiger partial charge on any atom is 0.182 e. The number of aryl methyl sites for hydroxylation is 1. The summed E-state index contributed by atoms with van der Waals surface area (Å²) in [4.78, 5) is 12.3. The van der Waals surface area contributed by atoms with Gasteiger partial charge in [0.05, 0.1) is 0 Å². The maximum absolute atomic E-state index is 12.3. The molecule has 18 heavy (non-hydrogen) atoms. The Hall–Kier alpha value is -2.33. The highest BCUT2D eigenvalue weighted by Crippen LogP contribution is 2.20. The lowest BCUT2D eigenvalue weighted by Crippen LogP contribution is -2.11. The van der Waals surface area contributed by atoms with Gasteiger partial charge in [0.2, 0.25) is 0 Å². The molecule has 1 heteroatoms. The van der Waals surface area contributed by atoms with Crippen molar-refractivity contribution in [2.45, 2.75) is 12.8 Å². The molecule has 0 aliphatic rings. The molecule has 2 rings (SSSR count). The van der Waals surface area contributed by atoms with Crippen molar-refractivity contribution in [1.82, 2.24) is 0 Å². The van der Waals surface area contributed by atoms with Gasteiger partial charge >= 0.3 is 0 Å². The van der Waals surface area contributed by atoms with E-state index < -0.39 is 5.92 Å². The van der Waals surface area contributed by atoms with E-state index in [1.54, 1.807) is 12.1 Å². The van der Waals surface area contributed by atoms with Crippen molar-refractivity contribution in [3.63, 3.8) is 0 Å². The molecule has 0 aliphatic carbocycles. The van der Waals surface area contributed by atoms with Crippen molar-refractivity contribution >= 4 is 5.78 Å². The van der Waals surface area contributed by atoms with E-state index in [-0.39, 0.29) is 5.78 Å². The van der Waals surface area contributed by atoms with E-state index in [0.717, 1.165) is 11.1 Å². The quantitative estimate of drug-likeness (QED) is 0.586. The fraction of sp³-hybridized carbons (Fsp3) is 0.118. The van der Waals surface area contributed by atoms with Gasteiger partial charge in [-0.25, -0.2) is 0 Å². The van der Waals surface area contributed by atoms with Gasteiger partial charge in [0.15, 0.2) is 5.78 Å². The minimum atomic E-state index is -0.506. The van der Waals surface area contributed by atoms with Crippen molar-refractivity contribution in [3.05, 3.63) is 71.3 Å². The first-order valence-corrected chi connectivity index (χ1v) is 5.84. The number of rotatable bonds is 3. The summed E-state index contributed by atoms with van der Waals surface area (Å²) in [6, 6.07) is 16.9. The van der Waals surface area contributed by atoms with Gasteiger partial charge < -0.3 is 0 Å². The van der Waals surface area contributed by atoms with E-state index in [1.165, 1.54) is 0 Å². The van der Waals surface area contributed by atoms with Gasteiger partial charge in [0.1, 0.15) is 5.92 Å². The number of hydrogen-bond donors (Lipinski definition) is 0. The van der Waals surface area contributed by atoms with Crippen LogP contribution >= 0.6 is 0 Å². The topological polar surface area (TPSA) is 17.1 Å². The second-order valence-electron chi connectivity index (χ2n) is 4.24. The molecule has 1 atom stereocenters. The lowest BCUT2D eigenvalue weighted by atomic mass is 9.91. The van der Waals surface area contributed by atoms with Crippen molar-refractivity contribution in [2.75, 3.05) is 0 Å². The summed E-state index contributed by atoms with van der Waals surface area (Å²) in [5.74, 6) is 2.05. The minimum absolute atomic E-state index is 0.0260. The van der Waals surface area contributed by atoms with Gasteiger partial charge in [-0.1, -0.05) is 66.1 Å². The molecule has 1 unspecified atom stereocenters. The first kappa shape index (κ1) is 12.1. The summed E-state index contributed by atoms with van der Waals surface area (Å²) in [5, 5.41) is 0. The normalized spacial score (nSPS) is 11.6. The average Bonchev–Trinajstić information content (AvgIpc) is 2.42. The molecule has 0 radical (unpaired) electrons. The SMILES string of the molecule is C#CC(C(=O)c1ccccc1)c1ccc(C)cc1. The third kappa shape index (κ3) is 2.49. The van der Waals surface area contributed by atoms with Crippen molar-refractivity contribution in [2.24, 2.45) is 0 Å². The molecule has 2 aromatic rings. The molecule has 0 bridgehead atoms. The molecule has 2 aromatic carbocycles. The number of carbonyl (C=O) groups excluding carboxylic acids is 1. The Kier molecular flexibility index (Phi) is 3.60. The predicted octanol–water partition coefficient (Wildman–Crippen LogP) is 3.59. The molecule has 0 N–H and O–H groups in total. The predicted molar refractivity (Wildman–Crippen MR) is 73.5 cm³/mol. The van der Waals surface area contributed by atoms with Crippen LogP contribution < -0.4 is 0 Å². The molecule has 0 amide bonds. The van der Waals surface area contributed by atoms with E-state index in [0.29, 0.717) is 5.56 Å². The van der Waals surface area contributed by atoms with Crippen molar-refractivity contribution in [1.29, 1.82) is 0 Å². The van der Waals surface area contributed by atoms with Crippen LogP contribution in [0.25, 0.3) is 0 Å². The van der Waals surface area contributed by atoms with Gasteiger partial charge in [0, 0.05) is 5.56 Å². The van der Waals surface area contributed by atoms with Crippen LogP contribution in [0.15, 0.2) is 54.6 Å². The lowest BCUT2D eigenvalue weighted by Gasteiger charge is -2.10. The molecule has 88 valence electrons. The largest absolute Gasteiger partial charge is 0.292 e. The van der Waals surface area contributed by atoms with Crippen LogP contribution in [0.3, 0.4) is 0 Å². The van der Waals surface area contributed by atoms with Crippen LogP contribution in [0.4, 0.5) is 0 Å². The Morgan fingerprint density at radius 1 is 1.06 bits per heavy atom. The third-order valence-corrected chi connectivity index (χ3v) is 2.90. The van der Waals surface area contributed by atoms with E-state index >= 15 is 0 Å². The molecule has 0 fully saturated rings. The highest BCUT2D eigenvalue weighted by Gasteiger charge is 2.19. The number of carbonyl (C=O) groups is 1. The highest BCUT2D eigenvalue weighted by molar-refractivity contribution is 6.02. The van der Waals surface area contributed by atoms with E-state index in [1.807, 2.05) is 49.4 Å². The monoisotopic (exact) mass is 234 g/mol. The zero-order valence-corrected chi connectivity index (χ0v) is 10.3. The summed E-state index contributed by atoms with van der Waals surface area (Å²) in [6.45, 7) is 2.01. The Morgan fingerprint density at radius 2 is 1.67 bits per heavy atom. The van der Waals surface area contributed by atoms with Gasteiger partial charge in [0.25, 0.3) is 0 Å². The Balaban J connectivity index is 2.33. The fourth-order valence-corrected chi connectivity index (χ4v) is 1.85. The van der Waals surface area contributed by atoms with Crippen LogP contribution in [0.1, 0.15) is 27.4 Å². The smallest absolute Gasteiger partial charge is 0.182 e. The Bertz CT molecular complexity index is 573. The summed E-state index contributed by atoms with van der Waals surface area (Å²) < 4.78 is 0. The zero-order chi connectivity index (χ0) is 13.0. The molecule has 0 spiro atoms. The highest BCUT2D eigenvalue weighted by atomic mass is 16.1. The number of Topliss-reactive ketones (excluding diaryl/α,β-unsaturated/α-hetero) is 1. The van der Waals surface area contributed by atoms with Crippen LogP contribution in [-0.4, -0.2) is 5.78 Å². The second kappa shape index (κ2) is 5.33. The van der Waals surface area contributed by atoms with Crippen LogP contribution in [0.5, 0.6) is 0 Å². The van der Waals surface area contributed by atoms with Gasteiger partial charge in [-0.15, -0.1) is 6.42 Å². The lowest BCUT2D eigenvalue weighted by molar-refractivity contribution is 0.0979. The van der Waals surface area contributed by atoms with E-state index in [2.05, 4.69) is 5.92 Å². The summed E-state index contributed by atoms with van der Waals surface area (Å²) in [5.41, 5.74) is 2.68. The van der Waals surface area contributed by atoms with Crippen molar-refractivity contribution in [3.8, 4) is 12.3 Å². The first-order valence-electron chi connectivity index (χ1n) is 5.84. The van der Waals surface area contributed by atoms with Crippen LogP contribution in [0, 0.1) is 19.3 Å².